The van der Waals surface area contributed by atoms with Gasteiger partial charge in [-0.05, 0) is 37.1 Å². The standard InChI is InChI=1S/C31H28ClF3N10O3S2/c32-21-10-19-26(25(35)24(21)18-2-3-22(34)27-23(18)20(12-36)28(37)49-27)40-30(48-14-31-4-1-5-43(31)13-17(33)11-31)41-29(19)42-6-8-44(9-7-42)50(46,47)45-15-38-39-16-45/h2-3,10,15-17H,1,4-9,11,13-14,37H2/t17-,31+/m1/s1. The highest BCUT2D eigenvalue weighted by Crippen LogP contribution is 2.46. The third kappa shape index (κ3) is 5.21. The Morgan fingerprint density at radius 2 is 1.90 bits per heavy atom. The van der Waals surface area contributed by atoms with Gasteiger partial charge in [0.15, 0.2) is 5.82 Å². The Hall–Kier alpha value is -4.28. The van der Waals surface area contributed by atoms with Gasteiger partial charge in [0.1, 0.15) is 53.7 Å². The molecule has 3 fully saturated rings. The zero-order valence-corrected chi connectivity index (χ0v) is 28.6. The van der Waals surface area contributed by atoms with Gasteiger partial charge in [-0.15, -0.1) is 21.5 Å². The van der Waals surface area contributed by atoms with Crippen molar-refractivity contribution in [3.63, 3.8) is 0 Å². The van der Waals surface area contributed by atoms with Crippen LogP contribution in [0.3, 0.4) is 0 Å². The summed E-state index contributed by atoms with van der Waals surface area (Å²) in [6, 6.07) is 5.85. The first-order valence-electron chi connectivity index (χ1n) is 15.7. The number of ether oxygens (including phenoxy) is 1. The summed E-state index contributed by atoms with van der Waals surface area (Å²) < 4.78 is 81.1. The Morgan fingerprint density at radius 1 is 1.14 bits per heavy atom. The first-order valence-corrected chi connectivity index (χ1v) is 18.3. The van der Waals surface area contributed by atoms with Gasteiger partial charge >= 0.3 is 16.2 Å². The predicted molar refractivity (Wildman–Crippen MR) is 181 cm³/mol. The second-order valence-electron chi connectivity index (χ2n) is 12.6. The summed E-state index contributed by atoms with van der Waals surface area (Å²) in [5.74, 6) is -1.22. The third-order valence-corrected chi connectivity index (χ3v) is 12.9. The molecule has 3 saturated heterocycles. The zero-order chi connectivity index (χ0) is 34.9. The van der Waals surface area contributed by atoms with Crippen LogP contribution in [0.1, 0.15) is 24.8 Å². The molecule has 6 heterocycles. The highest BCUT2D eigenvalue weighted by atomic mass is 35.5. The number of fused-ring (bicyclic) bond motifs is 3. The number of piperazine rings is 1. The van der Waals surface area contributed by atoms with Crippen molar-refractivity contribution in [3.8, 4) is 23.2 Å². The Balaban J connectivity index is 1.23. The van der Waals surface area contributed by atoms with Crippen molar-refractivity contribution in [1.82, 2.24) is 33.3 Å². The van der Waals surface area contributed by atoms with E-state index in [1.54, 1.807) is 4.90 Å². The van der Waals surface area contributed by atoms with Crippen molar-refractivity contribution < 1.29 is 26.3 Å². The Labute approximate surface area is 292 Å². The molecule has 0 spiro atoms. The molecule has 2 N–H and O–H groups in total. The Morgan fingerprint density at radius 3 is 2.64 bits per heavy atom. The maximum absolute atomic E-state index is 17.0. The summed E-state index contributed by atoms with van der Waals surface area (Å²) in [6.45, 7) is 1.63. The summed E-state index contributed by atoms with van der Waals surface area (Å²) in [5, 5.41) is 17.4. The van der Waals surface area contributed by atoms with E-state index in [1.165, 1.54) is 16.4 Å². The third-order valence-electron chi connectivity index (χ3n) is 9.80. The molecule has 0 aliphatic carbocycles. The molecular weight excluding hydrogens is 717 g/mol. The van der Waals surface area contributed by atoms with Crippen molar-refractivity contribution >= 4 is 65.0 Å². The number of nitriles is 1. The normalized spacial score (nSPS) is 21.7. The fourth-order valence-electron chi connectivity index (χ4n) is 7.44. The van der Waals surface area contributed by atoms with Gasteiger partial charge in [0.05, 0.1) is 20.8 Å². The molecular formula is C31H28ClF3N10O3S2. The molecule has 0 bridgehead atoms. The van der Waals surface area contributed by atoms with Gasteiger partial charge in [-0.1, -0.05) is 17.7 Å². The van der Waals surface area contributed by atoms with E-state index >= 15 is 4.39 Å². The van der Waals surface area contributed by atoms with Gasteiger partial charge in [-0.25, -0.2) is 17.1 Å². The van der Waals surface area contributed by atoms with Crippen molar-refractivity contribution in [2.75, 3.05) is 56.5 Å². The van der Waals surface area contributed by atoms with Crippen molar-refractivity contribution in [2.24, 2.45) is 0 Å². The lowest BCUT2D eigenvalue weighted by Gasteiger charge is -2.35. The van der Waals surface area contributed by atoms with E-state index in [9.17, 15) is 22.5 Å². The highest BCUT2D eigenvalue weighted by molar-refractivity contribution is 7.87. The number of rotatable bonds is 7. The lowest BCUT2D eigenvalue weighted by atomic mass is 9.95. The minimum Gasteiger partial charge on any atom is -0.461 e. The van der Waals surface area contributed by atoms with Crippen LogP contribution in [0.15, 0.2) is 30.9 Å². The number of nitrogens with zero attached hydrogens (tertiary/aromatic N) is 9. The van der Waals surface area contributed by atoms with E-state index in [2.05, 4.69) is 25.1 Å². The predicted octanol–water partition coefficient (Wildman–Crippen LogP) is 4.36. The van der Waals surface area contributed by atoms with Gasteiger partial charge in [0.2, 0.25) is 0 Å². The summed E-state index contributed by atoms with van der Waals surface area (Å²) in [7, 11) is -3.91. The number of thiophene rings is 1. The molecule has 50 heavy (non-hydrogen) atoms. The van der Waals surface area contributed by atoms with Crippen LogP contribution in [-0.2, 0) is 10.2 Å². The maximum Gasteiger partial charge on any atom is 0.319 e. The van der Waals surface area contributed by atoms with E-state index in [4.69, 9.17) is 22.1 Å². The molecule has 19 heteroatoms. The fourth-order valence-corrected chi connectivity index (χ4v) is 9.90. The maximum atomic E-state index is 17.0. The van der Waals surface area contributed by atoms with E-state index < -0.39 is 33.6 Å². The fraction of sp³-hybridized carbons (Fsp3) is 0.387. The molecule has 2 atom stereocenters. The minimum absolute atomic E-state index is 0.00450. The topological polar surface area (TPSA) is 159 Å². The molecule has 0 radical (unpaired) electrons. The summed E-state index contributed by atoms with van der Waals surface area (Å²) >= 11 is 7.69. The number of hydrogen-bond donors (Lipinski definition) is 1. The minimum atomic E-state index is -3.91. The second-order valence-corrected chi connectivity index (χ2v) is 15.9. The van der Waals surface area contributed by atoms with E-state index in [1.807, 2.05) is 6.07 Å². The number of anilines is 2. The van der Waals surface area contributed by atoms with Crippen molar-refractivity contribution in [2.45, 2.75) is 31.0 Å². The smallest absolute Gasteiger partial charge is 0.319 e. The molecule has 0 unspecified atom stereocenters. The number of nitrogens with two attached hydrogens (primary N) is 1. The average Bonchev–Trinajstić information content (AvgIpc) is 3.89. The van der Waals surface area contributed by atoms with Crippen LogP contribution in [-0.4, -0.2) is 99.3 Å². The number of halogens is 4. The summed E-state index contributed by atoms with van der Waals surface area (Å²) in [5.41, 5.74) is 5.41. The number of aromatic nitrogens is 5. The van der Waals surface area contributed by atoms with Gasteiger partial charge in [-0.3, -0.25) is 4.90 Å². The molecule has 3 aliphatic heterocycles. The molecule has 8 rings (SSSR count). The van der Waals surface area contributed by atoms with Gasteiger partial charge < -0.3 is 15.4 Å². The lowest BCUT2D eigenvalue weighted by molar-refractivity contribution is 0.107. The molecule has 5 aromatic rings. The van der Waals surface area contributed by atoms with Gasteiger partial charge in [-0.2, -0.15) is 28.0 Å². The zero-order valence-electron chi connectivity index (χ0n) is 26.2. The number of hydrogen-bond acceptors (Lipinski definition) is 12. The van der Waals surface area contributed by atoms with Gasteiger partial charge in [0.25, 0.3) is 0 Å². The van der Waals surface area contributed by atoms with E-state index in [0.717, 1.165) is 53.4 Å². The molecule has 3 aliphatic rings. The second kappa shape index (κ2) is 12.2. The quantitative estimate of drug-likeness (QED) is 0.252. The Bertz CT molecular complexity index is 2310. The van der Waals surface area contributed by atoms with Crippen LogP contribution in [0.25, 0.3) is 32.1 Å². The first kappa shape index (κ1) is 32.9. The van der Waals surface area contributed by atoms with Crippen molar-refractivity contribution in [1.29, 1.82) is 5.26 Å². The first-order chi connectivity index (χ1) is 24.0. The molecule has 260 valence electrons. The van der Waals surface area contributed by atoms with Gasteiger partial charge in [0, 0.05) is 55.5 Å². The monoisotopic (exact) mass is 744 g/mol. The van der Waals surface area contributed by atoms with E-state index in [-0.39, 0.29) is 92.3 Å². The van der Waals surface area contributed by atoms with Crippen molar-refractivity contribution in [3.05, 3.63) is 53.1 Å². The van der Waals surface area contributed by atoms with Crippen LogP contribution >= 0.6 is 22.9 Å². The summed E-state index contributed by atoms with van der Waals surface area (Å²) in [6.07, 6.45) is 3.14. The number of alkyl halides is 1. The molecule has 3 aromatic heterocycles. The molecule has 0 saturated carbocycles. The highest BCUT2D eigenvalue weighted by Gasteiger charge is 2.49. The van der Waals surface area contributed by atoms with Crippen LogP contribution < -0.4 is 15.4 Å². The molecule has 0 amide bonds. The number of nitrogen functional groups attached to an aromatic ring is 1. The van der Waals surface area contributed by atoms with E-state index in [0.29, 0.717) is 13.0 Å². The Kier molecular flexibility index (Phi) is 8.02. The molecule has 13 nitrogen and oxygen atoms in total. The van der Waals surface area contributed by atoms with Crippen LogP contribution in [0.4, 0.5) is 24.0 Å². The number of benzene rings is 2. The van der Waals surface area contributed by atoms with Crippen LogP contribution in [0.2, 0.25) is 5.02 Å². The largest absolute Gasteiger partial charge is 0.461 e. The van der Waals surface area contributed by atoms with Crippen LogP contribution in [0.5, 0.6) is 6.01 Å². The summed E-state index contributed by atoms with van der Waals surface area (Å²) in [4.78, 5) is 13.0. The van der Waals surface area contributed by atoms with Crippen LogP contribution in [0, 0.1) is 23.0 Å². The SMILES string of the molecule is N#Cc1c(N)sc2c(F)ccc(-c3c(Cl)cc4c(N5CCN(S(=O)(=O)n6cnnc6)CC5)nc(OC[C@@]56CCCN5C[C@H](F)C6)nc4c3F)c12. The lowest BCUT2D eigenvalue weighted by Crippen LogP contribution is -2.50. The average molecular weight is 745 g/mol. The molecule has 2 aromatic carbocycles.